The van der Waals surface area contributed by atoms with Crippen LogP contribution in [0.5, 0.6) is 0 Å². The predicted molar refractivity (Wildman–Crippen MR) is 66.5 cm³/mol. The number of nitrogens with one attached hydrogen (secondary N) is 1. The molecule has 1 unspecified atom stereocenters. The van der Waals surface area contributed by atoms with Crippen molar-refractivity contribution in [2.45, 2.75) is 25.8 Å². The van der Waals surface area contributed by atoms with Crippen LogP contribution >= 0.6 is 0 Å². The topological polar surface area (TPSA) is 38.3 Å². The zero-order valence-corrected chi connectivity index (χ0v) is 10.2. The van der Waals surface area contributed by atoms with Crippen LogP contribution in [0.1, 0.15) is 31.4 Å². The van der Waals surface area contributed by atoms with Gasteiger partial charge in [-0.25, -0.2) is 0 Å². The average Bonchev–Trinajstić information content (AvgIpc) is 2.40. The van der Waals surface area contributed by atoms with Crippen molar-refractivity contribution in [1.29, 1.82) is 0 Å². The summed E-state index contributed by atoms with van der Waals surface area (Å²) in [5, 5.41) is 3.42. The van der Waals surface area contributed by atoms with Gasteiger partial charge in [0.05, 0.1) is 12.5 Å². The third kappa shape index (κ3) is 3.07. The molecule has 2 rings (SSSR count). The molecule has 0 radical (unpaired) electrons. The highest BCUT2D eigenvalue weighted by molar-refractivity contribution is 5.72. The number of carbonyl (C=O) groups excluding carboxylic acids is 1. The standard InChI is InChI=1S/C14H19NO2/c1-2-17-14(16)12-8-9-13(15-10-12)11-6-4-3-5-7-11/h3-7,12-13,15H,2,8-10H2,1H3/t12?,13-/m0/s1. The van der Waals surface area contributed by atoms with Gasteiger partial charge >= 0.3 is 5.97 Å². The van der Waals surface area contributed by atoms with E-state index in [1.165, 1.54) is 5.56 Å². The Labute approximate surface area is 102 Å². The number of carbonyl (C=O) groups is 1. The highest BCUT2D eigenvalue weighted by atomic mass is 16.5. The van der Waals surface area contributed by atoms with E-state index < -0.39 is 0 Å². The highest BCUT2D eigenvalue weighted by Crippen LogP contribution is 2.26. The second-order valence-corrected chi connectivity index (χ2v) is 4.40. The Morgan fingerprint density at radius 3 is 2.71 bits per heavy atom. The lowest BCUT2D eigenvalue weighted by atomic mass is 9.91. The van der Waals surface area contributed by atoms with Gasteiger partial charge in [0, 0.05) is 12.6 Å². The van der Waals surface area contributed by atoms with Crippen molar-refractivity contribution >= 4 is 5.97 Å². The zero-order chi connectivity index (χ0) is 12.1. The van der Waals surface area contributed by atoms with E-state index in [2.05, 4.69) is 29.6 Å². The van der Waals surface area contributed by atoms with Crippen LogP contribution in [0.4, 0.5) is 0 Å². The maximum atomic E-state index is 11.6. The van der Waals surface area contributed by atoms with Gasteiger partial charge in [-0.05, 0) is 25.3 Å². The molecule has 0 bridgehead atoms. The van der Waals surface area contributed by atoms with Crippen molar-refractivity contribution in [3.8, 4) is 0 Å². The summed E-state index contributed by atoms with van der Waals surface area (Å²) in [6.07, 6.45) is 1.90. The molecular weight excluding hydrogens is 214 g/mol. The van der Waals surface area contributed by atoms with Crippen molar-refractivity contribution in [1.82, 2.24) is 5.32 Å². The van der Waals surface area contributed by atoms with Gasteiger partial charge in [0.15, 0.2) is 0 Å². The van der Waals surface area contributed by atoms with Gasteiger partial charge in [0.25, 0.3) is 0 Å². The lowest BCUT2D eigenvalue weighted by Gasteiger charge is -2.28. The molecule has 0 amide bonds. The van der Waals surface area contributed by atoms with E-state index in [9.17, 15) is 4.79 Å². The SMILES string of the molecule is CCOC(=O)C1CC[C@@H](c2ccccc2)NC1. The minimum absolute atomic E-state index is 0.0231. The molecule has 3 nitrogen and oxygen atoms in total. The molecule has 2 atom stereocenters. The Bertz CT molecular complexity index is 356. The maximum absolute atomic E-state index is 11.6. The first-order valence-corrected chi connectivity index (χ1v) is 6.26. The number of hydrogen-bond donors (Lipinski definition) is 1. The van der Waals surface area contributed by atoms with Crippen LogP contribution < -0.4 is 5.32 Å². The average molecular weight is 233 g/mol. The molecule has 1 N–H and O–H groups in total. The smallest absolute Gasteiger partial charge is 0.310 e. The number of rotatable bonds is 3. The second kappa shape index (κ2) is 5.82. The largest absolute Gasteiger partial charge is 0.466 e. The van der Waals surface area contributed by atoms with Gasteiger partial charge in [-0.2, -0.15) is 0 Å². The highest BCUT2D eigenvalue weighted by Gasteiger charge is 2.27. The van der Waals surface area contributed by atoms with Crippen LogP contribution in [0.3, 0.4) is 0 Å². The van der Waals surface area contributed by atoms with Gasteiger partial charge in [0.2, 0.25) is 0 Å². The van der Waals surface area contributed by atoms with Gasteiger partial charge < -0.3 is 10.1 Å². The summed E-state index contributed by atoms with van der Waals surface area (Å²) in [6, 6.07) is 10.8. The number of esters is 1. The lowest BCUT2D eigenvalue weighted by Crippen LogP contribution is -2.37. The van der Waals surface area contributed by atoms with E-state index >= 15 is 0 Å². The van der Waals surface area contributed by atoms with Crippen molar-refractivity contribution in [2.24, 2.45) is 5.92 Å². The fraction of sp³-hybridized carbons (Fsp3) is 0.500. The molecule has 0 aromatic heterocycles. The number of ether oxygens (including phenoxy) is 1. The fourth-order valence-corrected chi connectivity index (χ4v) is 2.29. The maximum Gasteiger partial charge on any atom is 0.310 e. The van der Waals surface area contributed by atoms with Crippen molar-refractivity contribution in [2.75, 3.05) is 13.2 Å². The molecule has 1 aliphatic heterocycles. The molecular formula is C14H19NO2. The van der Waals surface area contributed by atoms with Crippen LogP contribution in [0, 0.1) is 5.92 Å². The molecule has 1 saturated heterocycles. The summed E-state index contributed by atoms with van der Waals surface area (Å²) in [5.74, 6) is -0.0403. The quantitative estimate of drug-likeness (QED) is 0.814. The molecule has 0 saturated carbocycles. The Hall–Kier alpha value is -1.35. The van der Waals surface area contributed by atoms with E-state index in [1.54, 1.807) is 0 Å². The van der Waals surface area contributed by atoms with E-state index in [0.29, 0.717) is 12.6 Å². The predicted octanol–water partition coefficient (Wildman–Crippen LogP) is 2.29. The van der Waals surface area contributed by atoms with Crippen molar-refractivity contribution in [3.63, 3.8) is 0 Å². The second-order valence-electron chi connectivity index (χ2n) is 4.40. The number of hydrogen-bond acceptors (Lipinski definition) is 3. The van der Waals surface area contributed by atoms with Gasteiger partial charge in [-0.15, -0.1) is 0 Å². The fourth-order valence-electron chi connectivity index (χ4n) is 2.29. The van der Waals surface area contributed by atoms with Crippen LogP contribution in [0.2, 0.25) is 0 Å². The summed E-state index contributed by atoms with van der Waals surface area (Å²) >= 11 is 0. The van der Waals surface area contributed by atoms with Crippen molar-refractivity contribution in [3.05, 3.63) is 35.9 Å². The Morgan fingerprint density at radius 1 is 1.35 bits per heavy atom. The monoisotopic (exact) mass is 233 g/mol. The summed E-state index contributed by atoms with van der Waals surface area (Å²) in [5.41, 5.74) is 1.30. The van der Waals surface area contributed by atoms with E-state index in [4.69, 9.17) is 4.74 Å². The van der Waals surface area contributed by atoms with Gasteiger partial charge in [-0.3, -0.25) is 4.79 Å². The molecule has 1 aromatic carbocycles. The minimum Gasteiger partial charge on any atom is -0.466 e. The number of piperidine rings is 1. The Balaban J connectivity index is 1.88. The Morgan fingerprint density at radius 2 is 2.12 bits per heavy atom. The summed E-state index contributed by atoms with van der Waals surface area (Å²) in [7, 11) is 0. The molecule has 1 aromatic rings. The minimum atomic E-state index is -0.0634. The summed E-state index contributed by atoms with van der Waals surface area (Å²) < 4.78 is 5.04. The van der Waals surface area contributed by atoms with Gasteiger partial charge in [0.1, 0.15) is 0 Å². The van der Waals surface area contributed by atoms with E-state index in [-0.39, 0.29) is 11.9 Å². The molecule has 1 aliphatic rings. The van der Waals surface area contributed by atoms with Crippen LogP contribution in [0.15, 0.2) is 30.3 Å². The van der Waals surface area contributed by atoms with Crippen LogP contribution in [-0.2, 0) is 9.53 Å². The summed E-state index contributed by atoms with van der Waals surface area (Å²) in [4.78, 5) is 11.6. The first-order chi connectivity index (χ1) is 8.31. The zero-order valence-electron chi connectivity index (χ0n) is 10.2. The van der Waals surface area contributed by atoms with E-state index in [1.807, 2.05) is 13.0 Å². The molecule has 1 fully saturated rings. The summed E-state index contributed by atoms with van der Waals surface area (Å²) in [6.45, 7) is 3.04. The van der Waals surface area contributed by atoms with Crippen LogP contribution in [0.25, 0.3) is 0 Å². The molecule has 92 valence electrons. The molecule has 0 spiro atoms. The molecule has 17 heavy (non-hydrogen) atoms. The van der Waals surface area contributed by atoms with Crippen molar-refractivity contribution < 1.29 is 9.53 Å². The van der Waals surface area contributed by atoms with Crippen LogP contribution in [-0.4, -0.2) is 19.1 Å². The molecule has 3 heteroatoms. The molecule has 0 aliphatic carbocycles. The third-order valence-corrected chi connectivity index (χ3v) is 3.24. The normalized spacial score (nSPS) is 24.3. The molecule has 1 heterocycles. The first kappa shape index (κ1) is 12.1. The Kier molecular flexibility index (Phi) is 4.15. The number of benzene rings is 1. The van der Waals surface area contributed by atoms with Gasteiger partial charge in [-0.1, -0.05) is 30.3 Å². The third-order valence-electron chi connectivity index (χ3n) is 3.24. The lowest BCUT2D eigenvalue weighted by molar-refractivity contribution is -0.148. The first-order valence-electron chi connectivity index (χ1n) is 6.26. The van der Waals surface area contributed by atoms with E-state index in [0.717, 1.165) is 19.4 Å².